The van der Waals surface area contributed by atoms with Crippen molar-refractivity contribution in [3.8, 4) is 0 Å². The number of ether oxygens (including phenoxy) is 3. The van der Waals surface area contributed by atoms with Crippen LogP contribution in [0, 0.1) is 17.8 Å². The predicted octanol–water partition coefficient (Wildman–Crippen LogP) is 1.66. The number of likely N-dealkylation sites (N-methyl/N-ethyl adjacent to an activating group) is 2. The molecule has 7 atom stereocenters. The van der Waals surface area contributed by atoms with Crippen molar-refractivity contribution in [1.29, 1.82) is 0 Å². The highest BCUT2D eigenvalue weighted by Gasteiger charge is 2.42. The first-order valence-electron chi connectivity index (χ1n) is 18.2. The number of methoxy groups -OCH3 is 2. The van der Waals surface area contributed by atoms with Crippen molar-refractivity contribution in [3.63, 3.8) is 0 Å². The van der Waals surface area contributed by atoms with E-state index < -0.39 is 24.2 Å². The second kappa shape index (κ2) is 22.9. The Bertz CT molecular complexity index is 1070. The molecule has 3 N–H and O–H groups in total. The van der Waals surface area contributed by atoms with Crippen LogP contribution in [0.15, 0.2) is 0 Å². The summed E-state index contributed by atoms with van der Waals surface area (Å²) in [5.74, 6) is -1.82. The number of amides is 5. The first kappa shape index (κ1) is 45.2. The highest BCUT2D eigenvalue weighted by molar-refractivity contribution is 5.88. The maximum atomic E-state index is 13.9. The molecule has 7 unspecified atom stereocenters. The summed E-state index contributed by atoms with van der Waals surface area (Å²) in [4.78, 5) is 70.8. The lowest BCUT2D eigenvalue weighted by Gasteiger charge is -2.39. The maximum absolute atomic E-state index is 13.9. The number of nitrogens with zero attached hydrogens (tertiary/aromatic N) is 3. The van der Waals surface area contributed by atoms with Gasteiger partial charge in [-0.1, -0.05) is 41.0 Å². The molecular weight excluding hydrogens is 644 g/mol. The smallest absolute Gasteiger partial charge is 0.242 e. The lowest BCUT2D eigenvalue weighted by molar-refractivity contribution is -0.146. The number of carbonyl (C=O) groups is 5. The van der Waals surface area contributed by atoms with Crippen molar-refractivity contribution in [3.05, 3.63) is 0 Å². The fourth-order valence-corrected chi connectivity index (χ4v) is 6.86. The topological polar surface area (TPSA) is 159 Å². The quantitative estimate of drug-likeness (QED) is 0.134. The molecule has 1 heterocycles. The van der Waals surface area contributed by atoms with E-state index in [9.17, 15) is 24.0 Å². The summed E-state index contributed by atoms with van der Waals surface area (Å²) in [6, 6.07) is -1.14. The number of carbonyl (C=O) groups excluding carboxylic acids is 5. The monoisotopic (exact) mass is 713 g/mol. The van der Waals surface area contributed by atoms with Crippen molar-refractivity contribution in [2.24, 2.45) is 17.8 Å². The Kier molecular flexibility index (Phi) is 20.7. The molecule has 0 aromatic rings. The third-order valence-corrected chi connectivity index (χ3v) is 9.69. The standard InChI is InChI=1S/C36H68N6O8/c1-13-25(6)33(41(10)31(45)22-39-36(47)32(23(2)3)40(8)9)28(48-11)20-30(44)42-18-14-16-27(42)34(49-12)26(7)35(46)38-21-29(43)37-17-15-19-50-24(4)5/h23-28,32-34H,13-22H2,1-12H3,(H,37,43)(H,38,46)(H,39,47). The third-order valence-electron chi connectivity index (χ3n) is 9.69. The van der Waals surface area contributed by atoms with Gasteiger partial charge in [-0.25, -0.2) is 0 Å². The van der Waals surface area contributed by atoms with E-state index in [4.69, 9.17) is 14.2 Å². The Labute approximate surface area is 301 Å². The molecular formula is C36H68N6O8. The van der Waals surface area contributed by atoms with Crippen molar-refractivity contribution in [1.82, 2.24) is 30.7 Å². The molecule has 0 aromatic heterocycles. The Balaban J connectivity index is 2.93. The molecule has 0 aliphatic carbocycles. The first-order valence-corrected chi connectivity index (χ1v) is 18.2. The van der Waals surface area contributed by atoms with E-state index in [1.807, 2.05) is 60.5 Å². The summed E-state index contributed by atoms with van der Waals surface area (Å²) in [5.41, 5.74) is 0. The molecule has 1 rings (SSSR count). The fraction of sp³-hybridized carbons (Fsp3) is 0.861. The molecule has 1 saturated heterocycles. The largest absolute Gasteiger partial charge is 0.379 e. The summed E-state index contributed by atoms with van der Waals surface area (Å²) in [6.45, 7) is 14.8. The minimum absolute atomic E-state index is 0.00187. The summed E-state index contributed by atoms with van der Waals surface area (Å²) in [7, 11) is 8.43. The molecule has 0 spiro atoms. The van der Waals surface area contributed by atoms with Crippen LogP contribution < -0.4 is 16.0 Å². The number of rotatable bonds is 23. The average molecular weight is 713 g/mol. The summed E-state index contributed by atoms with van der Waals surface area (Å²) >= 11 is 0. The molecule has 290 valence electrons. The molecule has 5 amide bonds. The van der Waals surface area contributed by atoms with Gasteiger partial charge in [0.15, 0.2) is 0 Å². The highest BCUT2D eigenvalue weighted by Crippen LogP contribution is 2.29. The lowest BCUT2D eigenvalue weighted by Crippen LogP contribution is -2.55. The lowest BCUT2D eigenvalue weighted by atomic mass is 9.90. The van der Waals surface area contributed by atoms with E-state index in [1.54, 1.807) is 30.9 Å². The molecule has 50 heavy (non-hydrogen) atoms. The Morgan fingerprint density at radius 3 is 2.06 bits per heavy atom. The van der Waals surface area contributed by atoms with Crippen LogP contribution in [0.25, 0.3) is 0 Å². The minimum atomic E-state index is -0.626. The second-order valence-electron chi connectivity index (χ2n) is 14.4. The van der Waals surface area contributed by atoms with Gasteiger partial charge in [0.1, 0.15) is 0 Å². The number of likely N-dealkylation sites (tertiary alicyclic amines) is 1. The SMILES string of the molecule is CCC(C)C(C(CC(=O)N1CCCC1C(OC)C(C)C(=O)NCC(=O)NCCCOC(C)C)OC)N(C)C(=O)CNC(=O)C(C(C)C)N(C)C. The molecule has 0 bridgehead atoms. The van der Waals surface area contributed by atoms with Crippen molar-refractivity contribution >= 4 is 29.5 Å². The van der Waals surface area contributed by atoms with Gasteiger partial charge in [-0.2, -0.15) is 0 Å². The molecule has 1 fully saturated rings. The number of hydrogen-bond acceptors (Lipinski definition) is 9. The van der Waals surface area contributed by atoms with Crippen molar-refractivity contribution in [2.75, 3.05) is 68.1 Å². The molecule has 14 heteroatoms. The van der Waals surface area contributed by atoms with Crippen molar-refractivity contribution in [2.45, 2.75) is 117 Å². The highest BCUT2D eigenvalue weighted by atomic mass is 16.5. The predicted molar refractivity (Wildman–Crippen MR) is 193 cm³/mol. The maximum Gasteiger partial charge on any atom is 0.242 e. The van der Waals surface area contributed by atoms with Crippen LogP contribution in [0.4, 0.5) is 0 Å². The molecule has 1 aliphatic heterocycles. The van der Waals surface area contributed by atoms with Crippen LogP contribution in [0.3, 0.4) is 0 Å². The molecule has 1 aliphatic rings. The average Bonchev–Trinajstić information content (AvgIpc) is 3.54. The molecule has 14 nitrogen and oxygen atoms in total. The van der Waals surface area contributed by atoms with Gasteiger partial charge in [0.25, 0.3) is 0 Å². The first-order chi connectivity index (χ1) is 23.5. The van der Waals surface area contributed by atoms with E-state index in [1.165, 1.54) is 7.11 Å². The second-order valence-corrected chi connectivity index (χ2v) is 14.4. The summed E-state index contributed by atoms with van der Waals surface area (Å²) < 4.78 is 17.2. The van der Waals surface area contributed by atoms with Crippen LogP contribution in [0.1, 0.15) is 80.6 Å². The number of hydrogen-bond donors (Lipinski definition) is 3. The zero-order valence-electron chi connectivity index (χ0n) is 32.9. The van der Waals surface area contributed by atoms with E-state index in [-0.39, 0.29) is 79.1 Å². The number of nitrogens with one attached hydrogen (secondary N) is 3. The van der Waals surface area contributed by atoms with Crippen molar-refractivity contribution < 1.29 is 38.2 Å². The van der Waals surface area contributed by atoms with Gasteiger partial charge in [-0.3, -0.25) is 28.9 Å². The van der Waals surface area contributed by atoms with Crippen LogP contribution in [0.2, 0.25) is 0 Å². The Morgan fingerprint density at radius 2 is 1.52 bits per heavy atom. The molecule has 0 saturated carbocycles. The Hall–Kier alpha value is -2.81. The van der Waals surface area contributed by atoms with Gasteiger partial charge >= 0.3 is 0 Å². The van der Waals surface area contributed by atoms with Gasteiger partial charge in [0, 0.05) is 41.0 Å². The zero-order chi connectivity index (χ0) is 38.1. The molecule has 0 radical (unpaired) electrons. The normalized spacial score (nSPS) is 18.4. The van der Waals surface area contributed by atoms with Crippen LogP contribution in [-0.2, 0) is 38.2 Å². The van der Waals surface area contributed by atoms with Crippen LogP contribution in [0.5, 0.6) is 0 Å². The van der Waals surface area contributed by atoms with Crippen LogP contribution >= 0.6 is 0 Å². The Morgan fingerprint density at radius 1 is 0.880 bits per heavy atom. The third kappa shape index (κ3) is 14.1. The summed E-state index contributed by atoms with van der Waals surface area (Å²) in [6.07, 6.45) is 1.80. The van der Waals surface area contributed by atoms with Gasteiger partial charge in [0.2, 0.25) is 29.5 Å². The minimum Gasteiger partial charge on any atom is -0.379 e. The van der Waals surface area contributed by atoms with E-state index in [2.05, 4.69) is 16.0 Å². The van der Waals surface area contributed by atoms with Gasteiger partial charge in [0.05, 0.1) is 61.9 Å². The van der Waals surface area contributed by atoms with Gasteiger partial charge in [-0.15, -0.1) is 0 Å². The van der Waals surface area contributed by atoms with E-state index >= 15 is 0 Å². The van der Waals surface area contributed by atoms with Gasteiger partial charge in [-0.05, 0) is 59.0 Å². The molecule has 0 aromatic carbocycles. The van der Waals surface area contributed by atoms with Gasteiger partial charge < -0.3 is 40.0 Å². The zero-order valence-corrected chi connectivity index (χ0v) is 32.9. The van der Waals surface area contributed by atoms with Crippen LogP contribution in [-0.4, -0.2) is 149 Å². The van der Waals surface area contributed by atoms with E-state index in [0.29, 0.717) is 32.5 Å². The fourth-order valence-electron chi connectivity index (χ4n) is 6.86. The van der Waals surface area contributed by atoms with E-state index in [0.717, 1.165) is 12.8 Å². The summed E-state index contributed by atoms with van der Waals surface area (Å²) in [5, 5.41) is 8.28.